The van der Waals surface area contributed by atoms with Crippen molar-refractivity contribution in [1.29, 1.82) is 0 Å². The van der Waals surface area contributed by atoms with E-state index < -0.39 is 0 Å². The van der Waals surface area contributed by atoms with Gasteiger partial charge in [-0.3, -0.25) is 9.98 Å². The number of hydrogen-bond acceptors (Lipinski definition) is 5. The van der Waals surface area contributed by atoms with Gasteiger partial charge in [0.1, 0.15) is 5.75 Å². The number of hydrogen-bond donors (Lipinski definition) is 0. The van der Waals surface area contributed by atoms with Crippen LogP contribution in [0.1, 0.15) is 11.1 Å². The minimum absolute atomic E-state index is 0.600. The van der Waals surface area contributed by atoms with Gasteiger partial charge in [-0.1, -0.05) is 18.2 Å². The van der Waals surface area contributed by atoms with E-state index >= 15 is 0 Å². The third-order valence-electron chi connectivity index (χ3n) is 3.73. The van der Waals surface area contributed by atoms with Crippen molar-refractivity contribution in [2.75, 3.05) is 21.3 Å². The van der Waals surface area contributed by atoms with Gasteiger partial charge < -0.3 is 14.2 Å². The Labute approximate surface area is 154 Å². The van der Waals surface area contributed by atoms with Crippen molar-refractivity contribution < 1.29 is 14.2 Å². The zero-order valence-electron chi connectivity index (χ0n) is 15.2. The topological polar surface area (TPSA) is 52.4 Å². The summed E-state index contributed by atoms with van der Waals surface area (Å²) in [5.74, 6) is 2.09. The summed E-state index contributed by atoms with van der Waals surface area (Å²) in [5.41, 5.74) is 3.05. The molecular formula is C21H22N2O3. The minimum atomic E-state index is 0.600. The predicted octanol–water partition coefficient (Wildman–Crippen LogP) is 4.50. The fourth-order valence-electron chi connectivity index (χ4n) is 2.36. The molecule has 0 aliphatic heterocycles. The van der Waals surface area contributed by atoms with E-state index in [9.17, 15) is 0 Å². The van der Waals surface area contributed by atoms with E-state index in [2.05, 4.69) is 23.4 Å². The summed E-state index contributed by atoms with van der Waals surface area (Å²) in [6, 6.07) is 13.2. The largest absolute Gasteiger partial charge is 0.497 e. The molecule has 0 amide bonds. The molecule has 0 aromatic heterocycles. The molecule has 0 aliphatic carbocycles. The maximum atomic E-state index is 5.33. The molecule has 0 saturated heterocycles. The van der Waals surface area contributed by atoms with Crippen molar-refractivity contribution in [1.82, 2.24) is 0 Å². The van der Waals surface area contributed by atoms with Gasteiger partial charge in [-0.15, -0.1) is 0 Å². The van der Waals surface area contributed by atoms with Crippen LogP contribution in [0.15, 0.2) is 63.8 Å². The summed E-state index contributed by atoms with van der Waals surface area (Å²) >= 11 is 0. The van der Waals surface area contributed by atoms with E-state index in [0.717, 1.165) is 16.9 Å². The molecule has 5 heteroatoms. The predicted molar refractivity (Wildman–Crippen MR) is 108 cm³/mol. The Kier molecular flexibility index (Phi) is 6.74. The monoisotopic (exact) mass is 350 g/mol. The first-order chi connectivity index (χ1) is 12.6. The van der Waals surface area contributed by atoms with Crippen molar-refractivity contribution in [2.24, 2.45) is 9.98 Å². The number of benzene rings is 2. The standard InChI is InChI=1S/C21H22N2O3/c1-22-18(12-15-6-9-17(24-3)10-7-15)19(23-2)13-16-8-11-20(25-4)21(14-16)26-5/h6-14H,1-2H2,3-5H3. The molecule has 0 spiro atoms. The van der Waals surface area contributed by atoms with Gasteiger partial charge >= 0.3 is 0 Å². The van der Waals surface area contributed by atoms with Crippen LogP contribution in [0.25, 0.3) is 12.2 Å². The molecule has 2 rings (SSSR count). The average Bonchev–Trinajstić information content (AvgIpc) is 2.70. The fraction of sp³-hybridized carbons (Fsp3) is 0.143. The second-order valence-electron chi connectivity index (χ2n) is 5.26. The highest BCUT2D eigenvalue weighted by molar-refractivity contribution is 5.69. The van der Waals surface area contributed by atoms with Crippen molar-refractivity contribution >= 4 is 25.6 Å². The molecule has 0 fully saturated rings. The van der Waals surface area contributed by atoms with Crippen LogP contribution >= 0.6 is 0 Å². The van der Waals surface area contributed by atoms with Gasteiger partial charge in [0.05, 0.1) is 32.7 Å². The zero-order chi connectivity index (χ0) is 18.9. The van der Waals surface area contributed by atoms with Crippen LogP contribution in [0.2, 0.25) is 0 Å². The van der Waals surface area contributed by atoms with Gasteiger partial charge in [-0.25, -0.2) is 0 Å². The average molecular weight is 350 g/mol. The lowest BCUT2D eigenvalue weighted by Crippen LogP contribution is -1.91. The van der Waals surface area contributed by atoms with Crippen LogP contribution in [-0.4, -0.2) is 34.8 Å². The smallest absolute Gasteiger partial charge is 0.161 e. The van der Waals surface area contributed by atoms with E-state index in [4.69, 9.17) is 14.2 Å². The van der Waals surface area contributed by atoms with E-state index in [0.29, 0.717) is 22.9 Å². The molecule has 2 aromatic carbocycles. The summed E-state index contributed by atoms with van der Waals surface area (Å²) in [6.07, 6.45) is 3.74. The van der Waals surface area contributed by atoms with Crippen LogP contribution < -0.4 is 14.2 Å². The lowest BCUT2D eigenvalue weighted by Gasteiger charge is -2.09. The molecule has 5 nitrogen and oxygen atoms in total. The van der Waals surface area contributed by atoms with Crippen molar-refractivity contribution in [3.05, 3.63) is 65.0 Å². The Morgan fingerprint density at radius 3 is 1.77 bits per heavy atom. The first kappa shape index (κ1) is 19.0. The summed E-state index contributed by atoms with van der Waals surface area (Å²) in [4.78, 5) is 8.19. The number of ether oxygens (including phenoxy) is 3. The molecule has 0 saturated carbocycles. The second-order valence-corrected chi connectivity index (χ2v) is 5.26. The quantitative estimate of drug-likeness (QED) is 0.520. The maximum Gasteiger partial charge on any atom is 0.161 e. The second kappa shape index (κ2) is 9.22. The Morgan fingerprint density at radius 2 is 1.27 bits per heavy atom. The minimum Gasteiger partial charge on any atom is -0.497 e. The highest BCUT2D eigenvalue weighted by Gasteiger charge is 2.06. The van der Waals surface area contributed by atoms with Crippen molar-refractivity contribution in [3.8, 4) is 17.2 Å². The normalized spacial score (nSPS) is 11.7. The molecule has 26 heavy (non-hydrogen) atoms. The summed E-state index contributed by atoms with van der Waals surface area (Å²) in [6.45, 7) is 7.29. The Morgan fingerprint density at radius 1 is 0.731 bits per heavy atom. The number of aliphatic imine (C=N–C) groups is 2. The highest BCUT2D eigenvalue weighted by atomic mass is 16.5. The summed E-state index contributed by atoms with van der Waals surface area (Å²) in [5, 5.41) is 0. The highest BCUT2D eigenvalue weighted by Crippen LogP contribution is 2.29. The molecular weight excluding hydrogens is 328 g/mol. The van der Waals surface area contributed by atoms with E-state index in [1.54, 1.807) is 21.3 Å². The van der Waals surface area contributed by atoms with E-state index in [1.165, 1.54) is 0 Å². The van der Waals surface area contributed by atoms with Gasteiger partial charge in [-0.05, 0) is 61.0 Å². The number of nitrogens with zero attached hydrogens (tertiary/aromatic N) is 2. The first-order valence-electron chi connectivity index (χ1n) is 7.88. The number of methoxy groups -OCH3 is 3. The van der Waals surface area contributed by atoms with Gasteiger partial charge in [0.15, 0.2) is 11.5 Å². The molecule has 0 unspecified atom stereocenters. The van der Waals surface area contributed by atoms with Crippen LogP contribution in [0.4, 0.5) is 0 Å². The van der Waals surface area contributed by atoms with Gasteiger partial charge in [-0.2, -0.15) is 0 Å². The lowest BCUT2D eigenvalue weighted by atomic mass is 10.1. The SMILES string of the molecule is C=NC(=Cc1ccc(OC)cc1)C(=Cc1ccc(OC)c(OC)c1)N=C. The summed E-state index contributed by atoms with van der Waals surface area (Å²) < 4.78 is 15.8. The van der Waals surface area contributed by atoms with E-state index in [-0.39, 0.29) is 0 Å². The van der Waals surface area contributed by atoms with E-state index in [1.807, 2.05) is 54.6 Å². The molecule has 0 atom stereocenters. The van der Waals surface area contributed by atoms with Gasteiger partial charge in [0.25, 0.3) is 0 Å². The summed E-state index contributed by atoms with van der Waals surface area (Å²) in [7, 11) is 4.83. The zero-order valence-corrected chi connectivity index (χ0v) is 15.2. The molecule has 0 N–H and O–H groups in total. The number of rotatable bonds is 8. The van der Waals surface area contributed by atoms with Crippen LogP contribution in [0.5, 0.6) is 17.2 Å². The van der Waals surface area contributed by atoms with Crippen LogP contribution in [-0.2, 0) is 0 Å². The van der Waals surface area contributed by atoms with Crippen LogP contribution in [0, 0.1) is 0 Å². The van der Waals surface area contributed by atoms with Gasteiger partial charge in [0, 0.05) is 0 Å². The van der Waals surface area contributed by atoms with Gasteiger partial charge in [0.2, 0.25) is 0 Å². The first-order valence-corrected chi connectivity index (χ1v) is 7.88. The Bertz CT molecular complexity index is 837. The third-order valence-corrected chi connectivity index (χ3v) is 3.73. The lowest BCUT2D eigenvalue weighted by molar-refractivity contribution is 0.355. The van der Waals surface area contributed by atoms with Crippen LogP contribution in [0.3, 0.4) is 0 Å². The molecule has 134 valence electrons. The molecule has 0 bridgehead atoms. The molecule has 0 heterocycles. The van der Waals surface area contributed by atoms with Crippen molar-refractivity contribution in [2.45, 2.75) is 0 Å². The third kappa shape index (κ3) is 4.60. The fourth-order valence-corrected chi connectivity index (χ4v) is 2.36. The molecule has 0 radical (unpaired) electrons. The Balaban J connectivity index is 2.39. The van der Waals surface area contributed by atoms with Crippen molar-refractivity contribution in [3.63, 3.8) is 0 Å². The molecule has 0 aliphatic rings. The molecule has 2 aromatic rings. The maximum absolute atomic E-state index is 5.33. The Hall–Kier alpha value is -3.34.